The first-order chi connectivity index (χ1) is 8.08. The molecule has 1 saturated heterocycles. The summed E-state index contributed by atoms with van der Waals surface area (Å²) in [4.78, 5) is 16.3. The van der Waals surface area contributed by atoms with Crippen LogP contribution in [0.25, 0.3) is 0 Å². The Morgan fingerprint density at radius 3 is 2.59 bits per heavy atom. The molecular weight excluding hydrogens is 238 g/mol. The molecule has 1 aliphatic heterocycles. The van der Waals surface area contributed by atoms with Gasteiger partial charge in [-0.05, 0) is 25.2 Å². The van der Waals surface area contributed by atoms with Gasteiger partial charge in [-0.15, -0.1) is 0 Å². The molecule has 17 heavy (non-hydrogen) atoms. The summed E-state index contributed by atoms with van der Waals surface area (Å²) in [6, 6.07) is 5.00. The molecule has 0 aromatic heterocycles. The highest BCUT2D eigenvalue weighted by Crippen LogP contribution is 2.20. The van der Waals surface area contributed by atoms with Crippen LogP contribution in [0.5, 0.6) is 0 Å². The molecule has 0 unspecified atom stereocenters. The second-order valence-corrected chi connectivity index (χ2v) is 4.76. The summed E-state index contributed by atoms with van der Waals surface area (Å²) in [6.45, 7) is 3.26. The van der Waals surface area contributed by atoms with E-state index in [1.165, 1.54) is 0 Å². The fraction of sp³-hybridized carbons (Fsp3) is 0.417. The summed E-state index contributed by atoms with van der Waals surface area (Å²) < 4.78 is 0. The molecule has 92 valence electrons. The summed E-state index contributed by atoms with van der Waals surface area (Å²) >= 11 is 5.89. The van der Waals surface area contributed by atoms with Crippen molar-refractivity contribution in [2.24, 2.45) is 0 Å². The van der Waals surface area contributed by atoms with Crippen molar-refractivity contribution in [2.75, 3.05) is 39.0 Å². The number of carbonyl (C=O) groups is 1. The van der Waals surface area contributed by atoms with Gasteiger partial charge >= 0.3 is 0 Å². The molecule has 0 atom stereocenters. The molecule has 2 N–H and O–H groups in total. The quantitative estimate of drug-likeness (QED) is 0.768. The van der Waals surface area contributed by atoms with Crippen LogP contribution in [-0.4, -0.2) is 48.9 Å². The number of piperazine rings is 1. The molecule has 4 nitrogen and oxygen atoms in total. The van der Waals surface area contributed by atoms with Crippen LogP contribution >= 0.6 is 11.6 Å². The molecule has 0 radical (unpaired) electrons. The summed E-state index contributed by atoms with van der Waals surface area (Å²) in [5, 5.41) is 0.539. The lowest BCUT2D eigenvalue weighted by Gasteiger charge is -2.32. The number of rotatable bonds is 1. The summed E-state index contributed by atoms with van der Waals surface area (Å²) in [7, 11) is 2.05. The van der Waals surface area contributed by atoms with Crippen LogP contribution in [-0.2, 0) is 0 Å². The standard InChI is InChI=1S/C12H16ClN3O/c1-15-4-6-16(7-5-15)12(17)10-8-9(13)2-3-11(10)14/h2-3,8H,4-7,14H2,1H3. The fourth-order valence-corrected chi connectivity index (χ4v) is 2.07. The molecular formula is C12H16ClN3O. The van der Waals surface area contributed by atoms with Gasteiger partial charge in [0.15, 0.2) is 0 Å². The maximum Gasteiger partial charge on any atom is 0.256 e. The van der Waals surface area contributed by atoms with Gasteiger partial charge in [0.25, 0.3) is 5.91 Å². The number of nitrogen functional groups attached to an aromatic ring is 1. The Kier molecular flexibility index (Phi) is 3.54. The van der Waals surface area contributed by atoms with Crippen molar-refractivity contribution >= 4 is 23.2 Å². The second kappa shape index (κ2) is 4.94. The number of amides is 1. The van der Waals surface area contributed by atoms with Crippen LogP contribution in [0.15, 0.2) is 18.2 Å². The molecule has 1 heterocycles. The van der Waals surface area contributed by atoms with Crippen LogP contribution in [0.3, 0.4) is 0 Å². The lowest BCUT2D eigenvalue weighted by Crippen LogP contribution is -2.47. The van der Waals surface area contributed by atoms with E-state index in [0.717, 1.165) is 26.2 Å². The first-order valence-electron chi connectivity index (χ1n) is 5.61. The summed E-state index contributed by atoms with van der Waals surface area (Å²) in [5.74, 6) is -0.0295. The van der Waals surface area contributed by atoms with E-state index in [4.69, 9.17) is 17.3 Å². The summed E-state index contributed by atoms with van der Waals surface area (Å²) in [6.07, 6.45) is 0. The summed E-state index contributed by atoms with van der Waals surface area (Å²) in [5.41, 5.74) is 6.79. The smallest absolute Gasteiger partial charge is 0.256 e. The van der Waals surface area contributed by atoms with E-state index in [0.29, 0.717) is 16.3 Å². The highest BCUT2D eigenvalue weighted by atomic mass is 35.5. The van der Waals surface area contributed by atoms with Crippen molar-refractivity contribution in [3.63, 3.8) is 0 Å². The average Bonchev–Trinajstić information content (AvgIpc) is 2.32. The van der Waals surface area contributed by atoms with Gasteiger partial charge in [-0.1, -0.05) is 11.6 Å². The Bertz CT molecular complexity index is 428. The van der Waals surface area contributed by atoms with E-state index in [1.807, 2.05) is 4.90 Å². The number of nitrogens with two attached hydrogens (primary N) is 1. The second-order valence-electron chi connectivity index (χ2n) is 4.33. The molecule has 0 bridgehead atoms. The number of nitrogens with zero attached hydrogens (tertiary/aromatic N) is 2. The number of halogens is 1. The number of hydrogen-bond acceptors (Lipinski definition) is 3. The lowest BCUT2D eigenvalue weighted by atomic mass is 10.1. The van der Waals surface area contributed by atoms with E-state index < -0.39 is 0 Å². The molecule has 0 aliphatic carbocycles. The third kappa shape index (κ3) is 2.70. The third-order valence-electron chi connectivity index (χ3n) is 3.04. The van der Waals surface area contributed by atoms with Gasteiger partial charge in [-0.2, -0.15) is 0 Å². The van der Waals surface area contributed by atoms with Crippen molar-refractivity contribution in [3.8, 4) is 0 Å². The first-order valence-corrected chi connectivity index (χ1v) is 5.98. The van der Waals surface area contributed by atoms with E-state index in [-0.39, 0.29) is 5.91 Å². The van der Waals surface area contributed by atoms with Crippen LogP contribution in [0.4, 0.5) is 5.69 Å². The molecule has 0 spiro atoms. The average molecular weight is 254 g/mol. The fourth-order valence-electron chi connectivity index (χ4n) is 1.89. The van der Waals surface area contributed by atoms with E-state index in [9.17, 15) is 4.79 Å². The molecule has 0 saturated carbocycles. The van der Waals surface area contributed by atoms with Crippen LogP contribution < -0.4 is 5.73 Å². The number of anilines is 1. The van der Waals surface area contributed by atoms with Crippen LogP contribution in [0.1, 0.15) is 10.4 Å². The SMILES string of the molecule is CN1CCN(C(=O)c2cc(Cl)ccc2N)CC1. The Hall–Kier alpha value is -1.26. The maximum absolute atomic E-state index is 12.2. The predicted octanol–water partition coefficient (Wildman–Crippen LogP) is 1.31. The molecule has 5 heteroatoms. The van der Waals surface area contributed by atoms with Crippen molar-refractivity contribution in [1.29, 1.82) is 0 Å². The Balaban J connectivity index is 2.16. The first kappa shape index (κ1) is 12.2. The van der Waals surface area contributed by atoms with Gasteiger partial charge in [0.2, 0.25) is 0 Å². The van der Waals surface area contributed by atoms with Gasteiger partial charge < -0.3 is 15.5 Å². The van der Waals surface area contributed by atoms with Crippen molar-refractivity contribution in [1.82, 2.24) is 9.80 Å². The van der Waals surface area contributed by atoms with E-state index in [1.54, 1.807) is 18.2 Å². The molecule has 1 aliphatic rings. The lowest BCUT2D eigenvalue weighted by molar-refractivity contribution is 0.0665. The normalized spacial score (nSPS) is 17.2. The number of likely N-dealkylation sites (N-methyl/N-ethyl adjacent to an activating group) is 1. The minimum Gasteiger partial charge on any atom is -0.398 e. The number of hydrogen-bond donors (Lipinski definition) is 1. The molecule has 1 aromatic rings. The van der Waals surface area contributed by atoms with E-state index >= 15 is 0 Å². The van der Waals surface area contributed by atoms with Crippen molar-refractivity contribution in [2.45, 2.75) is 0 Å². The number of benzene rings is 1. The minimum atomic E-state index is -0.0295. The van der Waals surface area contributed by atoms with Gasteiger partial charge in [-0.3, -0.25) is 4.79 Å². The largest absolute Gasteiger partial charge is 0.398 e. The van der Waals surface area contributed by atoms with Gasteiger partial charge in [0.1, 0.15) is 0 Å². The Labute approximate surface area is 106 Å². The predicted molar refractivity (Wildman–Crippen MR) is 69.3 cm³/mol. The topological polar surface area (TPSA) is 49.6 Å². The maximum atomic E-state index is 12.2. The van der Waals surface area contributed by atoms with Gasteiger partial charge in [-0.25, -0.2) is 0 Å². The molecule has 1 amide bonds. The van der Waals surface area contributed by atoms with Crippen molar-refractivity contribution < 1.29 is 4.79 Å². The molecule has 1 aromatic carbocycles. The Morgan fingerprint density at radius 2 is 1.94 bits per heavy atom. The van der Waals surface area contributed by atoms with Crippen molar-refractivity contribution in [3.05, 3.63) is 28.8 Å². The van der Waals surface area contributed by atoms with Crippen LogP contribution in [0.2, 0.25) is 5.02 Å². The zero-order valence-electron chi connectivity index (χ0n) is 9.82. The molecule has 1 fully saturated rings. The minimum absolute atomic E-state index is 0.0295. The third-order valence-corrected chi connectivity index (χ3v) is 3.27. The number of carbonyl (C=O) groups excluding carboxylic acids is 1. The Morgan fingerprint density at radius 1 is 1.29 bits per heavy atom. The molecule has 2 rings (SSSR count). The highest BCUT2D eigenvalue weighted by Gasteiger charge is 2.21. The van der Waals surface area contributed by atoms with Gasteiger partial charge in [0.05, 0.1) is 5.56 Å². The zero-order valence-corrected chi connectivity index (χ0v) is 10.6. The van der Waals surface area contributed by atoms with Crippen LogP contribution in [0, 0.1) is 0 Å². The monoisotopic (exact) mass is 253 g/mol. The van der Waals surface area contributed by atoms with E-state index in [2.05, 4.69) is 11.9 Å². The van der Waals surface area contributed by atoms with Gasteiger partial charge in [0, 0.05) is 36.9 Å². The highest BCUT2D eigenvalue weighted by molar-refractivity contribution is 6.31. The zero-order chi connectivity index (χ0) is 12.4.